The Labute approximate surface area is 105 Å². The van der Waals surface area contributed by atoms with E-state index < -0.39 is 11.7 Å². The number of methoxy groups -OCH3 is 1. The topological polar surface area (TPSA) is 62.1 Å². The van der Waals surface area contributed by atoms with Gasteiger partial charge in [0.25, 0.3) is 0 Å². The molecule has 0 saturated heterocycles. The predicted octanol–water partition coefficient (Wildman–Crippen LogP) is 1.59. The van der Waals surface area contributed by atoms with E-state index in [9.17, 15) is 9.18 Å². The summed E-state index contributed by atoms with van der Waals surface area (Å²) in [5, 5.41) is 11.6. The third-order valence-electron chi connectivity index (χ3n) is 2.45. The number of halogens is 1. The van der Waals surface area contributed by atoms with E-state index in [-0.39, 0.29) is 17.9 Å². The molecular weight excluding hydrogens is 235 g/mol. The lowest BCUT2D eigenvalue weighted by Gasteiger charge is -2.10. The summed E-state index contributed by atoms with van der Waals surface area (Å²) in [5.74, 6) is -1.52. The second kappa shape index (κ2) is 7.41. The van der Waals surface area contributed by atoms with E-state index in [2.05, 4.69) is 5.32 Å². The lowest BCUT2D eigenvalue weighted by molar-refractivity contribution is -0.121. The predicted molar refractivity (Wildman–Crippen MR) is 64.3 cm³/mol. The van der Waals surface area contributed by atoms with Crippen molar-refractivity contribution >= 4 is 5.91 Å². The third-order valence-corrected chi connectivity index (χ3v) is 2.45. The average Bonchev–Trinajstić information content (AvgIpc) is 2.37. The van der Waals surface area contributed by atoms with Crippen LogP contribution in [-0.4, -0.2) is 26.2 Å². The monoisotopic (exact) mass is 250 g/mol. The first-order chi connectivity index (χ1) is 8.69. The Morgan fingerprint density at radius 1 is 1.56 bits per heavy atom. The van der Waals surface area contributed by atoms with E-state index in [0.29, 0.717) is 13.2 Å². The van der Waals surface area contributed by atoms with E-state index in [4.69, 9.17) is 10.00 Å². The molecule has 0 saturated carbocycles. The Bertz CT molecular complexity index is 443. The first kappa shape index (κ1) is 14.1. The number of ether oxygens (including phenoxy) is 1. The lowest BCUT2D eigenvalue weighted by Crippen LogP contribution is -2.28. The third kappa shape index (κ3) is 4.15. The SMILES string of the molecule is COCCNC(=O)CC(C#N)c1ccccc1F. The van der Waals surface area contributed by atoms with Gasteiger partial charge in [0.05, 0.1) is 18.6 Å². The zero-order valence-corrected chi connectivity index (χ0v) is 10.1. The van der Waals surface area contributed by atoms with Crippen LogP contribution in [0.5, 0.6) is 0 Å². The largest absolute Gasteiger partial charge is 0.383 e. The van der Waals surface area contributed by atoms with Crippen LogP contribution in [0.4, 0.5) is 4.39 Å². The summed E-state index contributed by atoms with van der Waals surface area (Å²) in [6.45, 7) is 0.785. The molecule has 1 rings (SSSR count). The average molecular weight is 250 g/mol. The van der Waals surface area contributed by atoms with Crippen molar-refractivity contribution in [1.82, 2.24) is 5.32 Å². The highest BCUT2D eigenvalue weighted by Crippen LogP contribution is 2.21. The summed E-state index contributed by atoms with van der Waals surface area (Å²) < 4.78 is 18.3. The molecule has 1 N–H and O–H groups in total. The van der Waals surface area contributed by atoms with Crippen molar-refractivity contribution in [1.29, 1.82) is 5.26 Å². The van der Waals surface area contributed by atoms with Gasteiger partial charge < -0.3 is 10.1 Å². The van der Waals surface area contributed by atoms with Crippen molar-refractivity contribution in [3.8, 4) is 6.07 Å². The highest BCUT2D eigenvalue weighted by molar-refractivity contribution is 5.77. The zero-order valence-electron chi connectivity index (χ0n) is 10.1. The van der Waals surface area contributed by atoms with E-state index in [1.54, 1.807) is 12.1 Å². The van der Waals surface area contributed by atoms with Crippen LogP contribution in [0.3, 0.4) is 0 Å². The maximum atomic E-state index is 13.5. The van der Waals surface area contributed by atoms with E-state index >= 15 is 0 Å². The molecule has 4 nitrogen and oxygen atoms in total. The highest BCUT2D eigenvalue weighted by Gasteiger charge is 2.18. The van der Waals surface area contributed by atoms with Gasteiger partial charge in [-0.2, -0.15) is 5.26 Å². The first-order valence-corrected chi connectivity index (χ1v) is 5.58. The number of hydrogen-bond donors (Lipinski definition) is 1. The molecule has 1 aromatic rings. The van der Waals surface area contributed by atoms with Crippen LogP contribution in [0, 0.1) is 17.1 Å². The fourth-order valence-corrected chi connectivity index (χ4v) is 1.53. The number of carbonyl (C=O) groups excluding carboxylic acids is 1. The molecule has 0 radical (unpaired) electrons. The summed E-state index contributed by atoms with van der Waals surface area (Å²) in [4.78, 5) is 11.5. The van der Waals surface area contributed by atoms with Crippen LogP contribution in [0.25, 0.3) is 0 Å². The van der Waals surface area contributed by atoms with Crippen LogP contribution in [0.2, 0.25) is 0 Å². The van der Waals surface area contributed by atoms with Crippen LogP contribution >= 0.6 is 0 Å². The lowest BCUT2D eigenvalue weighted by atomic mass is 9.96. The Hall–Kier alpha value is -1.93. The second-order valence-electron chi connectivity index (χ2n) is 3.75. The molecule has 0 aromatic heterocycles. The van der Waals surface area contributed by atoms with Gasteiger partial charge >= 0.3 is 0 Å². The summed E-state index contributed by atoms with van der Waals surface area (Å²) in [6.07, 6.45) is -0.0544. The Balaban J connectivity index is 2.61. The van der Waals surface area contributed by atoms with Crippen molar-refractivity contribution in [2.45, 2.75) is 12.3 Å². The Morgan fingerprint density at radius 3 is 2.89 bits per heavy atom. The minimum Gasteiger partial charge on any atom is -0.383 e. The van der Waals surface area contributed by atoms with Gasteiger partial charge in [0.2, 0.25) is 5.91 Å². The quantitative estimate of drug-likeness (QED) is 0.780. The zero-order chi connectivity index (χ0) is 13.4. The van der Waals surface area contributed by atoms with Crippen molar-refractivity contribution in [3.05, 3.63) is 35.6 Å². The summed E-state index contributed by atoms with van der Waals surface area (Å²) in [5.41, 5.74) is 0.252. The molecule has 0 fully saturated rings. The molecule has 1 amide bonds. The van der Waals surface area contributed by atoms with Gasteiger partial charge in [0, 0.05) is 25.6 Å². The number of rotatable bonds is 6. The number of benzene rings is 1. The maximum Gasteiger partial charge on any atom is 0.221 e. The van der Waals surface area contributed by atoms with Crippen molar-refractivity contribution in [3.63, 3.8) is 0 Å². The normalized spacial score (nSPS) is 11.6. The molecule has 5 heteroatoms. The molecule has 18 heavy (non-hydrogen) atoms. The van der Waals surface area contributed by atoms with Crippen LogP contribution < -0.4 is 5.32 Å². The number of amides is 1. The van der Waals surface area contributed by atoms with Gasteiger partial charge in [0.15, 0.2) is 0 Å². The van der Waals surface area contributed by atoms with Gasteiger partial charge in [-0.05, 0) is 6.07 Å². The smallest absolute Gasteiger partial charge is 0.221 e. The Morgan fingerprint density at radius 2 is 2.28 bits per heavy atom. The molecule has 0 aliphatic carbocycles. The maximum absolute atomic E-state index is 13.5. The standard InChI is InChI=1S/C13H15FN2O2/c1-18-7-6-16-13(17)8-10(9-15)11-4-2-3-5-12(11)14/h2-5,10H,6-8H2,1H3,(H,16,17). The second-order valence-corrected chi connectivity index (χ2v) is 3.75. The molecular formula is C13H15FN2O2. The fourth-order valence-electron chi connectivity index (χ4n) is 1.53. The number of nitrogens with one attached hydrogen (secondary N) is 1. The minimum absolute atomic E-state index is 0.0544. The van der Waals surface area contributed by atoms with Gasteiger partial charge in [-0.3, -0.25) is 4.79 Å². The van der Waals surface area contributed by atoms with Crippen molar-refractivity contribution < 1.29 is 13.9 Å². The Kier molecular flexibility index (Phi) is 5.81. The van der Waals surface area contributed by atoms with E-state index in [1.807, 2.05) is 6.07 Å². The molecule has 96 valence electrons. The van der Waals surface area contributed by atoms with E-state index in [1.165, 1.54) is 19.2 Å². The number of hydrogen-bond acceptors (Lipinski definition) is 3. The molecule has 1 atom stereocenters. The van der Waals surface area contributed by atoms with Gasteiger partial charge in [-0.25, -0.2) is 4.39 Å². The van der Waals surface area contributed by atoms with Crippen LogP contribution in [0.1, 0.15) is 17.9 Å². The van der Waals surface area contributed by atoms with Gasteiger partial charge in [-0.1, -0.05) is 18.2 Å². The molecule has 0 spiro atoms. The highest BCUT2D eigenvalue weighted by atomic mass is 19.1. The molecule has 1 aromatic carbocycles. The van der Waals surface area contributed by atoms with Crippen LogP contribution in [0.15, 0.2) is 24.3 Å². The van der Waals surface area contributed by atoms with Crippen LogP contribution in [-0.2, 0) is 9.53 Å². The van der Waals surface area contributed by atoms with Gasteiger partial charge in [-0.15, -0.1) is 0 Å². The van der Waals surface area contributed by atoms with Crippen molar-refractivity contribution in [2.75, 3.05) is 20.3 Å². The summed E-state index contributed by atoms with van der Waals surface area (Å²) >= 11 is 0. The number of carbonyl (C=O) groups is 1. The van der Waals surface area contributed by atoms with Gasteiger partial charge in [0.1, 0.15) is 5.82 Å². The molecule has 1 unspecified atom stereocenters. The summed E-state index contributed by atoms with van der Waals surface area (Å²) in [6, 6.07) is 7.94. The number of nitriles is 1. The van der Waals surface area contributed by atoms with Crippen molar-refractivity contribution in [2.24, 2.45) is 0 Å². The van der Waals surface area contributed by atoms with E-state index in [0.717, 1.165) is 0 Å². The summed E-state index contributed by atoms with van der Waals surface area (Å²) in [7, 11) is 1.53. The fraction of sp³-hybridized carbons (Fsp3) is 0.385. The molecule has 0 heterocycles. The molecule has 0 aliphatic heterocycles. The molecule has 0 aliphatic rings. The number of nitrogens with zero attached hydrogens (tertiary/aromatic N) is 1. The molecule has 0 bridgehead atoms. The minimum atomic E-state index is -0.770. The first-order valence-electron chi connectivity index (χ1n) is 5.58.